The lowest BCUT2D eigenvalue weighted by Crippen LogP contribution is -2.20. The van der Waals surface area contributed by atoms with Crippen LogP contribution in [0.3, 0.4) is 0 Å². The van der Waals surface area contributed by atoms with Gasteiger partial charge in [-0.1, -0.05) is 52.9 Å². The second-order valence-electron chi connectivity index (χ2n) is 7.28. The van der Waals surface area contributed by atoms with Crippen LogP contribution in [0.25, 0.3) is 0 Å². The zero-order valence-electron chi connectivity index (χ0n) is 19.5. The van der Waals surface area contributed by atoms with Gasteiger partial charge < -0.3 is 23.7 Å². The van der Waals surface area contributed by atoms with Crippen molar-refractivity contribution in [3.63, 3.8) is 0 Å². The molecule has 1 atom stereocenters. The summed E-state index contributed by atoms with van der Waals surface area (Å²) in [5.41, 5.74) is 0. The van der Waals surface area contributed by atoms with E-state index in [1.165, 1.54) is 0 Å². The fourth-order valence-electron chi connectivity index (χ4n) is 2.78. The van der Waals surface area contributed by atoms with Crippen LogP contribution in [0.5, 0.6) is 0 Å². The van der Waals surface area contributed by atoms with Crippen molar-refractivity contribution in [1.29, 1.82) is 0 Å². The number of carbonyl (C=O) groups excluding carboxylic acids is 2. The molecule has 0 aliphatic heterocycles. The summed E-state index contributed by atoms with van der Waals surface area (Å²) in [6.07, 6.45) is 8.62. The van der Waals surface area contributed by atoms with E-state index in [0.717, 1.165) is 51.4 Å². The molecular weight excluding hydrogens is 388 g/mol. The van der Waals surface area contributed by atoms with E-state index in [9.17, 15) is 9.59 Å². The second kappa shape index (κ2) is 22.5. The Balaban J connectivity index is 3.33. The molecule has 7 nitrogen and oxygen atoms in total. The van der Waals surface area contributed by atoms with Crippen LogP contribution in [0.2, 0.25) is 0 Å². The Morgan fingerprint density at radius 1 is 0.633 bits per heavy atom. The molecule has 0 rings (SSSR count). The summed E-state index contributed by atoms with van der Waals surface area (Å²) >= 11 is 0. The molecule has 0 aromatic rings. The maximum absolute atomic E-state index is 11.9. The van der Waals surface area contributed by atoms with Gasteiger partial charge in [-0.25, -0.2) is 0 Å². The number of rotatable bonds is 22. The maximum atomic E-state index is 11.9. The van der Waals surface area contributed by atoms with Crippen LogP contribution >= 0.6 is 0 Å². The van der Waals surface area contributed by atoms with Gasteiger partial charge in [-0.05, 0) is 19.3 Å². The summed E-state index contributed by atoms with van der Waals surface area (Å²) in [5.74, 6) is -0.271. The molecule has 0 heterocycles. The van der Waals surface area contributed by atoms with Crippen LogP contribution in [-0.2, 0) is 33.3 Å². The van der Waals surface area contributed by atoms with Crippen LogP contribution in [0.1, 0.15) is 78.6 Å². The minimum atomic E-state index is -0.153. The minimum absolute atomic E-state index is 0.00241. The first-order chi connectivity index (χ1) is 14.7. The number of unbranched alkanes of at least 4 members (excludes halogenated alkanes) is 4. The van der Waals surface area contributed by atoms with E-state index >= 15 is 0 Å². The lowest BCUT2D eigenvalue weighted by atomic mass is 10.00. The number of carbonyl (C=O) groups is 2. The molecule has 0 aromatic heterocycles. The molecule has 0 radical (unpaired) electrons. The predicted octanol–water partition coefficient (Wildman–Crippen LogP) is 4.31. The molecule has 0 aliphatic carbocycles. The third kappa shape index (κ3) is 18.8. The van der Waals surface area contributed by atoms with Gasteiger partial charge in [-0.3, -0.25) is 9.59 Å². The maximum Gasteiger partial charge on any atom is 0.308 e. The highest BCUT2D eigenvalue weighted by atomic mass is 16.6. The summed E-state index contributed by atoms with van der Waals surface area (Å²) in [7, 11) is 0. The van der Waals surface area contributed by atoms with Gasteiger partial charge in [-0.2, -0.15) is 0 Å². The van der Waals surface area contributed by atoms with Crippen LogP contribution in [0.4, 0.5) is 0 Å². The Morgan fingerprint density at radius 2 is 1.17 bits per heavy atom. The average molecular weight is 433 g/mol. The van der Waals surface area contributed by atoms with Gasteiger partial charge in [0, 0.05) is 6.42 Å². The van der Waals surface area contributed by atoms with Crippen molar-refractivity contribution >= 4 is 11.9 Å². The Kier molecular flexibility index (Phi) is 21.6. The predicted molar refractivity (Wildman–Crippen MR) is 116 cm³/mol. The van der Waals surface area contributed by atoms with Crippen molar-refractivity contribution in [1.82, 2.24) is 0 Å². The van der Waals surface area contributed by atoms with Crippen molar-refractivity contribution in [2.45, 2.75) is 78.6 Å². The third-order valence-corrected chi connectivity index (χ3v) is 4.67. The highest BCUT2D eigenvalue weighted by molar-refractivity contribution is 5.72. The van der Waals surface area contributed by atoms with Crippen LogP contribution in [0.15, 0.2) is 0 Å². The normalized spacial score (nSPS) is 12.0. The highest BCUT2D eigenvalue weighted by Gasteiger charge is 2.16. The number of ether oxygens (including phenoxy) is 5. The monoisotopic (exact) mass is 432 g/mol. The summed E-state index contributed by atoms with van der Waals surface area (Å²) in [6.45, 7) is 9.40. The molecule has 0 spiro atoms. The van der Waals surface area contributed by atoms with Crippen molar-refractivity contribution in [3.05, 3.63) is 0 Å². The van der Waals surface area contributed by atoms with E-state index < -0.39 is 0 Å². The van der Waals surface area contributed by atoms with Crippen LogP contribution < -0.4 is 0 Å². The summed E-state index contributed by atoms with van der Waals surface area (Å²) in [5, 5.41) is 0. The Labute approximate surface area is 183 Å². The smallest absolute Gasteiger partial charge is 0.308 e. The molecule has 0 saturated heterocycles. The van der Waals surface area contributed by atoms with E-state index in [4.69, 9.17) is 23.7 Å². The molecule has 1 unspecified atom stereocenters. The topological polar surface area (TPSA) is 80.3 Å². The van der Waals surface area contributed by atoms with E-state index in [2.05, 4.69) is 13.8 Å². The lowest BCUT2D eigenvalue weighted by molar-refractivity contribution is -0.150. The molecule has 0 fully saturated rings. The standard InChI is InChI=1S/C23H44O7/c1-4-7-9-10-12-22(24)29-19-17-27-15-13-26-14-16-28-18-20-30-23(25)21(6-3)11-8-5-2/h21H,4-20H2,1-3H3. The molecule has 0 amide bonds. The zero-order valence-corrected chi connectivity index (χ0v) is 19.5. The van der Waals surface area contributed by atoms with Gasteiger partial charge >= 0.3 is 11.9 Å². The lowest BCUT2D eigenvalue weighted by Gasteiger charge is -2.13. The number of esters is 2. The first-order valence-corrected chi connectivity index (χ1v) is 11.7. The third-order valence-electron chi connectivity index (χ3n) is 4.67. The van der Waals surface area contributed by atoms with Crippen molar-refractivity contribution in [2.24, 2.45) is 5.92 Å². The largest absolute Gasteiger partial charge is 0.463 e. The summed E-state index contributed by atoms with van der Waals surface area (Å²) in [6, 6.07) is 0. The van der Waals surface area contributed by atoms with Crippen molar-refractivity contribution < 1.29 is 33.3 Å². The van der Waals surface area contributed by atoms with Crippen molar-refractivity contribution in [2.75, 3.05) is 52.9 Å². The van der Waals surface area contributed by atoms with E-state index in [1.807, 2.05) is 6.92 Å². The van der Waals surface area contributed by atoms with Gasteiger partial charge in [0.1, 0.15) is 13.2 Å². The molecule has 0 aliphatic rings. The molecule has 0 bridgehead atoms. The van der Waals surface area contributed by atoms with Crippen LogP contribution in [0, 0.1) is 5.92 Å². The van der Waals surface area contributed by atoms with Crippen molar-refractivity contribution in [3.8, 4) is 0 Å². The molecule has 0 aromatic carbocycles. The summed E-state index contributed by atoms with van der Waals surface area (Å²) < 4.78 is 26.5. The van der Waals surface area contributed by atoms with E-state index in [0.29, 0.717) is 46.1 Å². The Bertz CT molecular complexity index is 401. The molecule has 178 valence electrons. The molecule has 7 heteroatoms. The molecular formula is C23H44O7. The van der Waals surface area contributed by atoms with E-state index in [-0.39, 0.29) is 31.1 Å². The first-order valence-electron chi connectivity index (χ1n) is 11.7. The fraction of sp³-hybridized carbons (Fsp3) is 0.913. The number of hydrogen-bond donors (Lipinski definition) is 0. The van der Waals surface area contributed by atoms with Gasteiger partial charge in [-0.15, -0.1) is 0 Å². The fourth-order valence-corrected chi connectivity index (χ4v) is 2.78. The quantitative estimate of drug-likeness (QED) is 0.186. The van der Waals surface area contributed by atoms with E-state index in [1.54, 1.807) is 0 Å². The van der Waals surface area contributed by atoms with Gasteiger partial charge in [0.15, 0.2) is 0 Å². The Hall–Kier alpha value is -1.18. The SMILES string of the molecule is CCCCCCC(=O)OCCOCCOCCOCCOC(=O)C(CC)CCCC. The van der Waals surface area contributed by atoms with Gasteiger partial charge in [0.25, 0.3) is 0 Å². The number of hydrogen-bond acceptors (Lipinski definition) is 7. The summed E-state index contributed by atoms with van der Waals surface area (Å²) in [4.78, 5) is 23.4. The molecule has 30 heavy (non-hydrogen) atoms. The zero-order chi connectivity index (χ0) is 22.3. The molecule has 0 N–H and O–H groups in total. The van der Waals surface area contributed by atoms with Gasteiger partial charge in [0.2, 0.25) is 0 Å². The van der Waals surface area contributed by atoms with Crippen LogP contribution in [-0.4, -0.2) is 64.8 Å². The minimum Gasteiger partial charge on any atom is -0.463 e. The van der Waals surface area contributed by atoms with Gasteiger partial charge in [0.05, 0.1) is 45.6 Å². The highest BCUT2D eigenvalue weighted by Crippen LogP contribution is 2.14. The average Bonchev–Trinajstić information content (AvgIpc) is 2.75. The molecule has 0 saturated carbocycles. The first kappa shape index (κ1) is 28.8. The Morgan fingerprint density at radius 3 is 1.70 bits per heavy atom. The second-order valence-corrected chi connectivity index (χ2v) is 7.28.